The van der Waals surface area contributed by atoms with Gasteiger partial charge in [0.15, 0.2) is 0 Å². The lowest BCUT2D eigenvalue weighted by Gasteiger charge is -2.22. The van der Waals surface area contributed by atoms with Gasteiger partial charge in [-0.25, -0.2) is 0 Å². The van der Waals surface area contributed by atoms with Crippen LogP contribution in [0.15, 0.2) is 16.6 Å². The molecule has 0 saturated heterocycles. The van der Waals surface area contributed by atoms with Gasteiger partial charge in [0.25, 0.3) is 0 Å². The van der Waals surface area contributed by atoms with Gasteiger partial charge in [0.1, 0.15) is 0 Å². The summed E-state index contributed by atoms with van der Waals surface area (Å²) in [6, 6.07) is 0. The molecule has 0 radical (unpaired) electrons. The van der Waals surface area contributed by atoms with Gasteiger partial charge in [0.05, 0.1) is 5.55 Å². The summed E-state index contributed by atoms with van der Waals surface area (Å²) in [6.45, 7) is 1.40. The van der Waals surface area contributed by atoms with E-state index in [1.165, 1.54) is 6.92 Å². The first-order valence-corrected chi connectivity index (χ1v) is 4.90. The summed E-state index contributed by atoms with van der Waals surface area (Å²) in [5.74, 6) is -0.254. The van der Waals surface area contributed by atoms with Crippen molar-refractivity contribution in [1.82, 2.24) is 0 Å². The van der Waals surface area contributed by atoms with Crippen LogP contribution in [0.5, 0.6) is 0 Å². The summed E-state index contributed by atoms with van der Waals surface area (Å²) in [4.78, 5) is 14.4. The number of hydrogen-bond acceptors (Lipinski definition) is 3. The summed E-state index contributed by atoms with van der Waals surface area (Å²) < 4.78 is 5.01. The second-order valence-electron chi connectivity index (χ2n) is 2.08. The van der Waals surface area contributed by atoms with E-state index in [1.807, 2.05) is 11.7 Å². The van der Waals surface area contributed by atoms with E-state index in [-0.39, 0.29) is 5.97 Å². The molecule has 1 rings (SSSR count). The lowest BCUT2D eigenvalue weighted by molar-refractivity contribution is -0.130. The summed E-state index contributed by atoms with van der Waals surface area (Å²) in [6.07, 6.45) is 3.51. The summed E-state index contributed by atoms with van der Waals surface area (Å²) >= 11 is 0. The van der Waals surface area contributed by atoms with Crippen molar-refractivity contribution in [3.63, 3.8) is 0 Å². The Hall–Kier alpha value is -0.770. The Morgan fingerprint density at radius 2 is 2.40 bits per heavy atom. The SMILES string of the molecule is CC(=O)OS1(C)C=CN=C1. The second kappa shape index (κ2) is 2.46. The Morgan fingerprint density at radius 3 is 2.80 bits per heavy atom. The molecule has 56 valence electrons. The molecule has 0 fully saturated rings. The van der Waals surface area contributed by atoms with E-state index in [0.29, 0.717) is 0 Å². The van der Waals surface area contributed by atoms with Gasteiger partial charge in [-0.15, -0.1) is 0 Å². The number of carbonyl (C=O) groups is 1. The maximum absolute atomic E-state index is 10.5. The number of nitrogens with zero attached hydrogens (tertiary/aromatic N) is 1. The maximum Gasteiger partial charge on any atom is 0.313 e. The van der Waals surface area contributed by atoms with E-state index >= 15 is 0 Å². The lowest BCUT2D eigenvalue weighted by atomic mass is 10.9. The molecule has 1 heterocycles. The highest BCUT2D eigenvalue weighted by atomic mass is 32.3. The molecule has 1 unspecified atom stereocenters. The van der Waals surface area contributed by atoms with E-state index in [0.717, 1.165) is 0 Å². The van der Waals surface area contributed by atoms with Crippen LogP contribution in [0.2, 0.25) is 0 Å². The molecular formula is C6H9NO2S. The Morgan fingerprint density at radius 1 is 1.70 bits per heavy atom. The molecule has 0 aromatic carbocycles. The van der Waals surface area contributed by atoms with Crippen molar-refractivity contribution < 1.29 is 8.98 Å². The van der Waals surface area contributed by atoms with Crippen LogP contribution in [-0.2, 0) is 8.98 Å². The zero-order valence-electron chi connectivity index (χ0n) is 5.90. The molecule has 0 bridgehead atoms. The fourth-order valence-corrected chi connectivity index (χ4v) is 1.95. The van der Waals surface area contributed by atoms with Crippen molar-refractivity contribution in [1.29, 1.82) is 0 Å². The summed E-state index contributed by atoms with van der Waals surface area (Å²) in [7, 11) is -1.42. The van der Waals surface area contributed by atoms with Gasteiger partial charge in [-0.3, -0.25) is 9.79 Å². The van der Waals surface area contributed by atoms with Gasteiger partial charge in [-0.2, -0.15) is 0 Å². The van der Waals surface area contributed by atoms with Crippen LogP contribution in [0.25, 0.3) is 0 Å². The first kappa shape index (κ1) is 7.34. The lowest BCUT2D eigenvalue weighted by Crippen LogP contribution is -2.03. The van der Waals surface area contributed by atoms with Gasteiger partial charge in [0.2, 0.25) is 0 Å². The Labute approximate surface area is 61.3 Å². The van der Waals surface area contributed by atoms with Gasteiger partial charge < -0.3 is 4.18 Å². The average Bonchev–Trinajstić information content (AvgIpc) is 2.12. The highest BCUT2D eigenvalue weighted by molar-refractivity contribution is 8.42. The van der Waals surface area contributed by atoms with E-state index in [4.69, 9.17) is 4.18 Å². The number of rotatable bonds is 1. The quantitative estimate of drug-likeness (QED) is 0.580. The van der Waals surface area contributed by atoms with Crippen molar-refractivity contribution in [2.75, 3.05) is 6.26 Å². The minimum absolute atomic E-state index is 0.254. The highest BCUT2D eigenvalue weighted by Crippen LogP contribution is 2.46. The Balaban J connectivity index is 2.62. The first-order chi connectivity index (χ1) is 4.62. The maximum atomic E-state index is 10.5. The molecule has 0 aromatic heterocycles. The summed E-state index contributed by atoms with van der Waals surface area (Å²) in [5, 5.41) is 1.81. The van der Waals surface area contributed by atoms with Gasteiger partial charge in [-0.1, -0.05) is 0 Å². The number of carbonyl (C=O) groups excluding carboxylic acids is 1. The Kier molecular flexibility index (Phi) is 1.80. The monoisotopic (exact) mass is 159 g/mol. The van der Waals surface area contributed by atoms with Gasteiger partial charge in [-0.05, 0) is 10.3 Å². The third-order valence-corrected chi connectivity index (χ3v) is 2.78. The van der Waals surface area contributed by atoms with E-state index < -0.39 is 10.3 Å². The second-order valence-corrected chi connectivity index (χ2v) is 4.66. The largest absolute Gasteiger partial charge is 0.407 e. The minimum atomic E-state index is -1.42. The molecule has 0 amide bonds. The smallest absolute Gasteiger partial charge is 0.313 e. The van der Waals surface area contributed by atoms with Crippen molar-refractivity contribution in [3.8, 4) is 0 Å². The zero-order valence-corrected chi connectivity index (χ0v) is 6.72. The van der Waals surface area contributed by atoms with Crippen LogP contribution in [-0.4, -0.2) is 17.8 Å². The van der Waals surface area contributed by atoms with E-state index in [1.54, 1.807) is 11.7 Å². The fraction of sp³-hybridized carbons (Fsp3) is 0.333. The van der Waals surface area contributed by atoms with Crippen LogP contribution in [0.3, 0.4) is 0 Å². The molecule has 1 aliphatic heterocycles. The minimum Gasteiger partial charge on any atom is -0.407 e. The molecule has 0 aromatic rings. The Bertz CT molecular complexity index is 198. The number of aliphatic imine (C=N–C) groups is 1. The normalized spacial score (nSPS) is 35.4. The van der Waals surface area contributed by atoms with Crippen LogP contribution >= 0.6 is 10.3 Å². The standard InChI is InChI=1S/C6H9NO2S/c1-6(8)9-10(2)4-3-7-5-10/h3-5H,1-2H3. The molecule has 0 aliphatic carbocycles. The van der Waals surface area contributed by atoms with E-state index in [9.17, 15) is 4.79 Å². The third kappa shape index (κ3) is 1.60. The average molecular weight is 159 g/mol. The molecule has 10 heavy (non-hydrogen) atoms. The summed E-state index contributed by atoms with van der Waals surface area (Å²) in [5.41, 5.74) is 1.68. The van der Waals surface area contributed by atoms with E-state index in [2.05, 4.69) is 4.99 Å². The third-order valence-electron chi connectivity index (χ3n) is 0.984. The molecule has 3 nitrogen and oxygen atoms in total. The van der Waals surface area contributed by atoms with Crippen LogP contribution in [0.4, 0.5) is 0 Å². The van der Waals surface area contributed by atoms with Gasteiger partial charge in [0, 0.05) is 24.8 Å². The predicted molar refractivity (Wildman–Crippen MR) is 42.9 cm³/mol. The number of hydrogen-bond donors (Lipinski definition) is 0. The molecule has 0 saturated carbocycles. The molecule has 4 heteroatoms. The molecule has 0 spiro atoms. The fourth-order valence-electron chi connectivity index (χ4n) is 0.649. The predicted octanol–water partition coefficient (Wildman–Crippen LogP) is 1.41. The molecule has 1 atom stereocenters. The van der Waals surface area contributed by atoms with Crippen molar-refractivity contribution in [2.24, 2.45) is 4.99 Å². The van der Waals surface area contributed by atoms with Crippen molar-refractivity contribution >= 4 is 21.8 Å². The van der Waals surface area contributed by atoms with Gasteiger partial charge >= 0.3 is 5.97 Å². The van der Waals surface area contributed by atoms with Crippen molar-refractivity contribution in [3.05, 3.63) is 11.6 Å². The zero-order chi connectivity index (χ0) is 7.61. The topological polar surface area (TPSA) is 38.7 Å². The first-order valence-electron chi connectivity index (χ1n) is 2.80. The van der Waals surface area contributed by atoms with Crippen LogP contribution < -0.4 is 0 Å². The van der Waals surface area contributed by atoms with Crippen LogP contribution in [0.1, 0.15) is 6.92 Å². The molecule has 0 N–H and O–H groups in total. The van der Waals surface area contributed by atoms with Crippen LogP contribution in [0, 0.1) is 0 Å². The molecular weight excluding hydrogens is 150 g/mol. The molecule has 1 aliphatic rings. The highest BCUT2D eigenvalue weighted by Gasteiger charge is 2.17. The van der Waals surface area contributed by atoms with Crippen molar-refractivity contribution in [2.45, 2.75) is 6.92 Å².